The molecule has 1 aliphatic carbocycles. The van der Waals surface area contributed by atoms with Gasteiger partial charge in [-0.3, -0.25) is 0 Å². The first-order valence-corrected chi connectivity index (χ1v) is 11.2. The van der Waals surface area contributed by atoms with E-state index in [2.05, 4.69) is 27.1 Å². The van der Waals surface area contributed by atoms with Crippen LogP contribution in [0, 0.1) is 5.92 Å². The summed E-state index contributed by atoms with van der Waals surface area (Å²) in [6.45, 7) is 2.32. The summed E-state index contributed by atoms with van der Waals surface area (Å²) in [5.74, 6) is 2.15. The van der Waals surface area contributed by atoms with Gasteiger partial charge in [0, 0.05) is 10.3 Å². The molecule has 4 aromatic rings. The smallest absolute Gasteiger partial charge is 0.282 e. The maximum absolute atomic E-state index is 5.89. The van der Waals surface area contributed by atoms with E-state index < -0.39 is 0 Å². The molecule has 1 atom stereocenters. The molecule has 8 heteroatoms. The fraction of sp³-hybridized carbons (Fsp3) is 0.333. The van der Waals surface area contributed by atoms with Crippen molar-refractivity contribution in [1.29, 1.82) is 0 Å². The Bertz CT molecular complexity index is 1150. The summed E-state index contributed by atoms with van der Waals surface area (Å²) in [6.07, 6.45) is 5.65. The Hall–Kier alpha value is -2.45. The molecular formula is C21H20N4O2S2. The molecule has 0 saturated heterocycles. The fourth-order valence-corrected chi connectivity index (χ4v) is 5.90. The van der Waals surface area contributed by atoms with Gasteiger partial charge in [0.25, 0.3) is 5.22 Å². The van der Waals surface area contributed by atoms with E-state index in [0.29, 0.717) is 17.5 Å². The Morgan fingerprint density at radius 1 is 1.21 bits per heavy atom. The number of hydrogen-bond acceptors (Lipinski definition) is 8. The van der Waals surface area contributed by atoms with Crippen LogP contribution in [0.1, 0.15) is 35.2 Å². The van der Waals surface area contributed by atoms with Gasteiger partial charge < -0.3 is 9.15 Å². The SMILES string of the molecule is COc1ccc(Cc2nnc(Sc3ncnc4sc5c(c34)CC[C@@H](C)C5)o2)cc1. The number of fused-ring (bicyclic) bond motifs is 3. The number of nitrogens with zero attached hydrogens (tertiary/aromatic N) is 4. The van der Waals surface area contributed by atoms with Gasteiger partial charge in [-0.05, 0) is 60.2 Å². The van der Waals surface area contributed by atoms with E-state index in [1.807, 2.05) is 24.3 Å². The Balaban J connectivity index is 1.39. The Morgan fingerprint density at radius 3 is 2.90 bits per heavy atom. The highest BCUT2D eigenvalue weighted by Crippen LogP contribution is 2.41. The first-order valence-electron chi connectivity index (χ1n) is 9.58. The molecule has 148 valence electrons. The van der Waals surface area contributed by atoms with Crippen LogP contribution in [-0.4, -0.2) is 27.3 Å². The predicted octanol–water partition coefficient (Wildman–Crippen LogP) is 4.95. The summed E-state index contributed by atoms with van der Waals surface area (Å²) >= 11 is 3.22. The molecule has 0 aliphatic heterocycles. The zero-order valence-electron chi connectivity index (χ0n) is 16.2. The van der Waals surface area contributed by atoms with Gasteiger partial charge >= 0.3 is 0 Å². The largest absolute Gasteiger partial charge is 0.497 e. The molecule has 0 bridgehead atoms. The lowest BCUT2D eigenvalue weighted by molar-refractivity contribution is 0.413. The van der Waals surface area contributed by atoms with Crippen LogP contribution in [-0.2, 0) is 19.3 Å². The minimum atomic E-state index is 0.512. The topological polar surface area (TPSA) is 73.9 Å². The van der Waals surface area contributed by atoms with Gasteiger partial charge in [0.2, 0.25) is 5.89 Å². The van der Waals surface area contributed by atoms with Crippen molar-refractivity contribution in [1.82, 2.24) is 20.2 Å². The minimum absolute atomic E-state index is 0.512. The highest BCUT2D eigenvalue weighted by atomic mass is 32.2. The van der Waals surface area contributed by atoms with Crippen molar-refractivity contribution in [3.05, 3.63) is 52.5 Å². The van der Waals surface area contributed by atoms with Gasteiger partial charge in [0.05, 0.1) is 13.5 Å². The van der Waals surface area contributed by atoms with Crippen LogP contribution in [0.15, 0.2) is 45.3 Å². The molecule has 0 radical (unpaired) electrons. The van der Waals surface area contributed by atoms with Gasteiger partial charge in [0.1, 0.15) is 21.9 Å². The zero-order valence-corrected chi connectivity index (χ0v) is 17.8. The number of methoxy groups -OCH3 is 1. The second kappa shape index (κ2) is 7.76. The second-order valence-electron chi connectivity index (χ2n) is 7.30. The molecule has 3 aromatic heterocycles. The van der Waals surface area contributed by atoms with Crippen molar-refractivity contribution in [2.24, 2.45) is 5.92 Å². The number of rotatable bonds is 5. The standard InChI is InChI=1S/C21H20N4O2S2/c1-12-3-8-15-16(9-12)28-19-18(15)20(23-11-22-19)29-21-25-24-17(27-21)10-13-4-6-14(26-2)7-5-13/h4-7,11-12H,3,8-10H2,1-2H3/t12-/m1/s1. The first kappa shape index (κ1) is 18.6. The summed E-state index contributed by atoms with van der Waals surface area (Å²) in [7, 11) is 1.66. The molecule has 0 N–H and O–H groups in total. The first-order chi connectivity index (χ1) is 14.2. The highest BCUT2D eigenvalue weighted by molar-refractivity contribution is 7.99. The number of ether oxygens (including phenoxy) is 1. The molecule has 6 nitrogen and oxygen atoms in total. The van der Waals surface area contributed by atoms with E-state index in [4.69, 9.17) is 9.15 Å². The molecule has 29 heavy (non-hydrogen) atoms. The number of aryl methyl sites for hydroxylation is 1. The molecule has 0 unspecified atom stereocenters. The van der Waals surface area contributed by atoms with E-state index in [1.165, 1.54) is 34.0 Å². The van der Waals surface area contributed by atoms with E-state index in [9.17, 15) is 0 Å². The molecule has 3 heterocycles. The number of thiophene rings is 1. The van der Waals surface area contributed by atoms with E-state index in [0.717, 1.165) is 39.9 Å². The van der Waals surface area contributed by atoms with Crippen molar-refractivity contribution >= 4 is 33.3 Å². The second-order valence-corrected chi connectivity index (χ2v) is 9.32. The molecule has 0 saturated carbocycles. The summed E-state index contributed by atoms with van der Waals surface area (Å²) in [6, 6.07) is 7.87. The Morgan fingerprint density at radius 2 is 2.07 bits per heavy atom. The molecule has 5 rings (SSSR count). The van der Waals surface area contributed by atoms with Crippen molar-refractivity contribution in [2.75, 3.05) is 7.11 Å². The number of hydrogen-bond donors (Lipinski definition) is 0. The third-order valence-corrected chi connectivity index (χ3v) is 7.21. The summed E-state index contributed by atoms with van der Waals surface area (Å²) < 4.78 is 11.1. The molecule has 0 fully saturated rings. The van der Waals surface area contributed by atoms with Crippen molar-refractivity contribution in [3.63, 3.8) is 0 Å². The van der Waals surface area contributed by atoms with Crippen molar-refractivity contribution in [3.8, 4) is 5.75 Å². The summed E-state index contributed by atoms with van der Waals surface area (Å²) in [5.41, 5.74) is 2.50. The average Bonchev–Trinajstić information content (AvgIpc) is 3.32. The van der Waals surface area contributed by atoms with E-state index in [1.54, 1.807) is 24.8 Å². The van der Waals surface area contributed by atoms with Crippen molar-refractivity contribution in [2.45, 2.75) is 42.9 Å². The maximum Gasteiger partial charge on any atom is 0.282 e. The average molecular weight is 425 g/mol. The lowest BCUT2D eigenvalue weighted by atomic mass is 9.89. The fourth-order valence-electron chi connectivity index (χ4n) is 3.68. The lowest BCUT2D eigenvalue weighted by Gasteiger charge is -2.17. The third-order valence-electron chi connectivity index (χ3n) is 5.20. The van der Waals surface area contributed by atoms with Gasteiger partial charge in [-0.25, -0.2) is 9.97 Å². The molecule has 1 aromatic carbocycles. The minimum Gasteiger partial charge on any atom is -0.497 e. The van der Waals surface area contributed by atoms with Gasteiger partial charge in [0.15, 0.2) is 0 Å². The molecular weight excluding hydrogens is 404 g/mol. The van der Waals surface area contributed by atoms with Crippen LogP contribution in [0.4, 0.5) is 0 Å². The van der Waals surface area contributed by atoms with E-state index in [-0.39, 0.29) is 0 Å². The molecule has 0 amide bonds. The van der Waals surface area contributed by atoms with Crippen LogP contribution in [0.3, 0.4) is 0 Å². The van der Waals surface area contributed by atoms with Crippen LogP contribution < -0.4 is 4.74 Å². The van der Waals surface area contributed by atoms with Crippen LogP contribution in [0.25, 0.3) is 10.2 Å². The summed E-state index contributed by atoms with van der Waals surface area (Å²) in [5, 5.41) is 11.0. The third kappa shape index (κ3) is 3.74. The highest BCUT2D eigenvalue weighted by Gasteiger charge is 2.24. The molecule has 1 aliphatic rings. The number of benzene rings is 1. The van der Waals surface area contributed by atoms with Gasteiger partial charge in [-0.15, -0.1) is 21.5 Å². The molecule has 0 spiro atoms. The van der Waals surface area contributed by atoms with Gasteiger partial charge in [-0.2, -0.15) is 0 Å². The number of aromatic nitrogens is 4. The predicted molar refractivity (Wildman–Crippen MR) is 113 cm³/mol. The van der Waals surface area contributed by atoms with Crippen molar-refractivity contribution < 1.29 is 9.15 Å². The zero-order chi connectivity index (χ0) is 19.8. The Kier molecular flexibility index (Phi) is 4.97. The maximum atomic E-state index is 5.89. The Labute approximate surface area is 176 Å². The van der Waals surface area contributed by atoms with Crippen LogP contribution in [0.2, 0.25) is 0 Å². The van der Waals surface area contributed by atoms with E-state index >= 15 is 0 Å². The van der Waals surface area contributed by atoms with Crippen LogP contribution >= 0.6 is 23.1 Å². The summed E-state index contributed by atoms with van der Waals surface area (Å²) in [4.78, 5) is 11.5. The normalized spacial score (nSPS) is 16.1. The quantitative estimate of drug-likeness (QED) is 0.420. The van der Waals surface area contributed by atoms with Gasteiger partial charge in [-0.1, -0.05) is 19.1 Å². The van der Waals surface area contributed by atoms with Crippen LogP contribution in [0.5, 0.6) is 5.75 Å². The monoisotopic (exact) mass is 424 g/mol. The lowest BCUT2D eigenvalue weighted by Crippen LogP contribution is -2.08.